The molecule has 0 aromatic rings. The Balaban J connectivity index is 2.04. The van der Waals surface area contributed by atoms with Gasteiger partial charge in [0.15, 0.2) is 0 Å². The summed E-state index contributed by atoms with van der Waals surface area (Å²) in [5.74, 6) is 1.70. The molecule has 0 aliphatic carbocycles. The van der Waals surface area contributed by atoms with Crippen molar-refractivity contribution in [2.24, 2.45) is 22.7 Å². The number of nitrogens with one attached hydrogen (secondary N) is 2. The summed E-state index contributed by atoms with van der Waals surface area (Å²) in [7, 11) is 0. The van der Waals surface area contributed by atoms with E-state index in [0.717, 1.165) is 30.0 Å². The third kappa shape index (κ3) is 2.13. The minimum atomic E-state index is 0.443. The van der Waals surface area contributed by atoms with Crippen LogP contribution in [0.2, 0.25) is 0 Å². The highest BCUT2D eigenvalue weighted by Crippen LogP contribution is 2.58. The van der Waals surface area contributed by atoms with Crippen molar-refractivity contribution < 1.29 is 0 Å². The highest BCUT2D eigenvalue weighted by Gasteiger charge is 2.63. The number of piperidine rings is 2. The lowest BCUT2D eigenvalue weighted by atomic mass is 9.55. The van der Waals surface area contributed by atoms with E-state index in [1.807, 2.05) is 0 Å². The molecule has 0 radical (unpaired) electrons. The summed E-state index contributed by atoms with van der Waals surface area (Å²) >= 11 is 0. The van der Waals surface area contributed by atoms with Crippen LogP contribution < -0.4 is 10.6 Å². The van der Waals surface area contributed by atoms with Crippen LogP contribution >= 0.6 is 0 Å². The molecule has 2 N–H and O–H groups in total. The first kappa shape index (κ1) is 16.8. The molecule has 0 amide bonds. The topological polar surface area (TPSA) is 24.1 Å². The van der Waals surface area contributed by atoms with Crippen molar-refractivity contribution in [2.75, 3.05) is 0 Å². The fourth-order valence-corrected chi connectivity index (χ4v) is 6.47. The molecule has 0 saturated carbocycles. The summed E-state index contributed by atoms with van der Waals surface area (Å²) in [6, 6.07) is 2.90. The fourth-order valence-electron chi connectivity index (χ4n) is 6.47. The molecule has 3 heterocycles. The van der Waals surface area contributed by atoms with Crippen molar-refractivity contribution >= 4 is 0 Å². The first-order valence-corrected chi connectivity index (χ1v) is 9.97. The van der Waals surface area contributed by atoms with E-state index < -0.39 is 0 Å². The van der Waals surface area contributed by atoms with Crippen molar-refractivity contribution in [3.05, 3.63) is 0 Å². The van der Waals surface area contributed by atoms with Crippen molar-refractivity contribution in [3.8, 4) is 0 Å². The van der Waals surface area contributed by atoms with E-state index in [1.54, 1.807) is 0 Å². The Morgan fingerprint density at radius 2 is 1.68 bits per heavy atom. The monoisotopic (exact) mass is 306 g/mol. The molecule has 3 fully saturated rings. The Kier molecular flexibility index (Phi) is 4.40. The maximum atomic E-state index is 4.13. The number of fused-ring (bicyclic) bond motifs is 5. The molecule has 3 saturated heterocycles. The van der Waals surface area contributed by atoms with Gasteiger partial charge in [0.05, 0.1) is 0 Å². The molecule has 3 aliphatic rings. The lowest BCUT2D eigenvalue weighted by Gasteiger charge is -2.55. The van der Waals surface area contributed by atoms with E-state index in [9.17, 15) is 0 Å². The zero-order valence-corrected chi connectivity index (χ0v) is 15.7. The molecule has 8 atom stereocenters. The van der Waals surface area contributed by atoms with E-state index in [2.05, 4.69) is 52.2 Å². The molecule has 0 spiro atoms. The molecular weight excluding hydrogens is 268 g/mol. The molecule has 2 bridgehead atoms. The van der Waals surface area contributed by atoms with Gasteiger partial charge in [-0.2, -0.15) is 0 Å². The van der Waals surface area contributed by atoms with Gasteiger partial charge < -0.3 is 10.6 Å². The first-order chi connectivity index (χ1) is 10.4. The predicted octanol–water partition coefficient (Wildman–Crippen LogP) is 4.35. The predicted molar refractivity (Wildman–Crippen MR) is 95.0 cm³/mol. The second-order valence-corrected chi connectivity index (χ2v) is 8.90. The molecule has 128 valence electrons. The van der Waals surface area contributed by atoms with Crippen molar-refractivity contribution in [1.29, 1.82) is 0 Å². The Hall–Kier alpha value is -0.0800. The van der Waals surface area contributed by atoms with Crippen LogP contribution in [-0.2, 0) is 0 Å². The number of hydrogen-bond donors (Lipinski definition) is 2. The second kappa shape index (κ2) is 5.77. The summed E-state index contributed by atoms with van der Waals surface area (Å²) in [6.45, 7) is 14.8. The van der Waals surface area contributed by atoms with Crippen LogP contribution in [0.1, 0.15) is 80.1 Å². The second-order valence-electron chi connectivity index (χ2n) is 8.90. The summed E-state index contributed by atoms with van der Waals surface area (Å²) in [5, 5.41) is 8.22. The molecule has 3 aliphatic heterocycles. The number of hydrogen-bond acceptors (Lipinski definition) is 2. The van der Waals surface area contributed by atoms with E-state index in [0.29, 0.717) is 16.9 Å². The van der Waals surface area contributed by atoms with E-state index in [4.69, 9.17) is 0 Å². The third-order valence-corrected chi connectivity index (χ3v) is 8.26. The highest BCUT2D eigenvalue weighted by molar-refractivity contribution is 5.18. The minimum Gasteiger partial charge on any atom is -0.310 e. The van der Waals surface area contributed by atoms with Crippen LogP contribution in [0.5, 0.6) is 0 Å². The lowest BCUT2D eigenvalue weighted by Crippen LogP contribution is -2.63. The molecule has 0 aromatic heterocycles. The first-order valence-electron chi connectivity index (χ1n) is 9.97. The molecule has 8 unspecified atom stereocenters. The largest absolute Gasteiger partial charge is 0.310 e. The van der Waals surface area contributed by atoms with Gasteiger partial charge in [-0.15, -0.1) is 0 Å². The van der Waals surface area contributed by atoms with Crippen LogP contribution in [0.15, 0.2) is 0 Å². The Bertz CT molecular complexity index is 407. The van der Waals surface area contributed by atoms with Gasteiger partial charge in [-0.05, 0) is 61.2 Å². The molecule has 0 aromatic carbocycles. The lowest BCUT2D eigenvalue weighted by molar-refractivity contribution is -0.0188. The van der Waals surface area contributed by atoms with E-state index >= 15 is 0 Å². The van der Waals surface area contributed by atoms with Gasteiger partial charge in [0.2, 0.25) is 0 Å². The van der Waals surface area contributed by atoms with Crippen molar-refractivity contribution in [2.45, 2.75) is 104 Å². The molecule has 2 nitrogen and oxygen atoms in total. The highest BCUT2D eigenvalue weighted by atomic mass is 15.1. The van der Waals surface area contributed by atoms with Crippen LogP contribution in [0.4, 0.5) is 0 Å². The summed E-state index contributed by atoms with van der Waals surface area (Å²) in [5.41, 5.74) is 0.943. The van der Waals surface area contributed by atoms with Crippen molar-refractivity contribution in [3.63, 3.8) is 0 Å². The maximum absolute atomic E-state index is 4.13. The fraction of sp³-hybridized carbons (Fsp3) is 1.00. The Labute approximate surface area is 138 Å². The summed E-state index contributed by atoms with van der Waals surface area (Å²) in [6.07, 6.45) is 7.99. The standard InChI is InChI=1S/C20H38N2/c1-7-13-16-14-11-12-19(5,9-3)18(22-14)17(16)20(6,10-4)15(8-2)21-13/h13-18,21-22H,7-12H2,1-6H3. The normalized spacial score (nSPS) is 54.3. The smallest absolute Gasteiger partial charge is 0.0161 e. The van der Waals surface area contributed by atoms with Crippen molar-refractivity contribution in [1.82, 2.24) is 10.6 Å². The third-order valence-electron chi connectivity index (χ3n) is 8.26. The van der Waals surface area contributed by atoms with Gasteiger partial charge in [0, 0.05) is 24.2 Å². The molecule has 2 heteroatoms. The van der Waals surface area contributed by atoms with Crippen LogP contribution in [0.25, 0.3) is 0 Å². The average Bonchev–Trinajstić information content (AvgIpc) is 2.89. The van der Waals surface area contributed by atoms with Gasteiger partial charge >= 0.3 is 0 Å². The number of rotatable bonds is 4. The zero-order valence-electron chi connectivity index (χ0n) is 15.7. The van der Waals surface area contributed by atoms with Crippen LogP contribution in [0, 0.1) is 22.7 Å². The SMILES string of the molecule is CCC1NC(CC)C(C)(CC)C2C1C1CCC(C)(CC)C2N1. The molecule has 22 heavy (non-hydrogen) atoms. The van der Waals surface area contributed by atoms with Gasteiger partial charge in [-0.3, -0.25) is 0 Å². The average molecular weight is 307 g/mol. The van der Waals surface area contributed by atoms with E-state index in [-0.39, 0.29) is 0 Å². The minimum absolute atomic E-state index is 0.443. The van der Waals surface area contributed by atoms with Gasteiger partial charge in [-0.1, -0.05) is 41.5 Å². The summed E-state index contributed by atoms with van der Waals surface area (Å²) in [4.78, 5) is 0. The van der Waals surface area contributed by atoms with Gasteiger partial charge in [0.25, 0.3) is 0 Å². The summed E-state index contributed by atoms with van der Waals surface area (Å²) < 4.78 is 0. The maximum Gasteiger partial charge on any atom is 0.0161 e. The van der Waals surface area contributed by atoms with Gasteiger partial charge in [0.1, 0.15) is 0 Å². The Morgan fingerprint density at radius 3 is 2.23 bits per heavy atom. The van der Waals surface area contributed by atoms with Gasteiger partial charge in [-0.25, -0.2) is 0 Å². The quantitative estimate of drug-likeness (QED) is 0.807. The van der Waals surface area contributed by atoms with E-state index in [1.165, 1.54) is 38.5 Å². The van der Waals surface area contributed by atoms with Crippen LogP contribution in [0.3, 0.4) is 0 Å². The Morgan fingerprint density at radius 1 is 0.955 bits per heavy atom. The zero-order chi connectivity index (χ0) is 16.1. The molecular formula is C20H38N2. The van der Waals surface area contributed by atoms with Crippen LogP contribution in [-0.4, -0.2) is 24.2 Å². The molecule has 3 rings (SSSR count).